The van der Waals surface area contributed by atoms with Crippen molar-refractivity contribution in [3.8, 4) is 5.75 Å². The van der Waals surface area contributed by atoms with Crippen molar-refractivity contribution in [1.82, 2.24) is 9.55 Å². The van der Waals surface area contributed by atoms with Crippen molar-refractivity contribution < 1.29 is 17.9 Å². The Labute approximate surface area is 134 Å². The third kappa shape index (κ3) is 3.19. The summed E-state index contributed by atoms with van der Waals surface area (Å²) < 4.78 is 46.2. The van der Waals surface area contributed by atoms with Gasteiger partial charge < -0.3 is 4.74 Å². The summed E-state index contributed by atoms with van der Waals surface area (Å²) in [5, 5.41) is -0.00252. The molecule has 122 valence electrons. The lowest BCUT2D eigenvalue weighted by Crippen LogP contribution is -2.47. The van der Waals surface area contributed by atoms with Crippen molar-refractivity contribution in [2.75, 3.05) is 0 Å². The Balaban J connectivity index is 1.97. The molecule has 0 aliphatic carbocycles. The second kappa shape index (κ2) is 5.88. The van der Waals surface area contributed by atoms with Crippen LogP contribution >= 0.6 is 11.6 Å². The van der Waals surface area contributed by atoms with E-state index in [1.165, 1.54) is 12.3 Å². The van der Waals surface area contributed by atoms with Crippen LogP contribution in [0, 0.1) is 5.92 Å². The van der Waals surface area contributed by atoms with Crippen LogP contribution in [0.25, 0.3) is 0 Å². The summed E-state index contributed by atoms with van der Waals surface area (Å²) in [6, 6.07) is 6.58. The molecule has 0 saturated heterocycles. The standard InChI is InChI=1S/C15H12ClF3N2O2/c16-12-6-20-7-13(22)21(12)8-10-5-9-3-1-2-4-11(9)23-14(10)15(17,18)19/h1-4,6-7,10,14H,5,8H2/t10-,14+/m0/s1. The summed E-state index contributed by atoms with van der Waals surface area (Å²) in [5.74, 6) is -0.734. The normalized spacial score (nSPS) is 20.7. The molecule has 2 heterocycles. The lowest BCUT2D eigenvalue weighted by molar-refractivity contribution is -0.214. The number of alkyl halides is 3. The summed E-state index contributed by atoms with van der Waals surface area (Å²) in [7, 11) is 0. The highest BCUT2D eigenvalue weighted by Crippen LogP contribution is 2.38. The van der Waals surface area contributed by atoms with Crippen molar-refractivity contribution in [1.29, 1.82) is 0 Å². The van der Waals surface area contributed by atoms with E-state index >= 15 is 0 Å². The number of hydrogen-bond acceptors (Lipinski definition) is 3. The van der Waals surface area contributed by atoms with Gasteiger partial charge in [0.05, 0.1) is 12.4 Å². The van der Waals surface area contributed by atoms with Crippen LogP contribution in [0.5, 0.6) is 5.75 Å². The average molecular weight is 345 g/mol. The van der Waals surface area contributed by atoms with Gasteiger partial charge in [-0.25, -0.2) is 0 Å². The average Bonchev–Trinajstić information content (AvgIpc) is 2.49. The molecule has 0 bridgehead atoms. The molecule has 1 aromatic heterocycles. The van der Waals surface area contributed by atoms with Crippen LogP contribution in [0.3, 0.4) is 0 Å². The van der Waals surface area contributed by atoms with E-state index in [1.54, 1.807) is 18.2 Å². The number of para-hydroxylation sites is 1. The van der Waals surface area contributed by atoms with Crippen LogP contribution in [0.15, 0.2) is 41.5 Å². The predicted molar refractivity (Wildman–Crippen MR) is 77.6 cm³/mol. The van der Waals surface area contributed by atoms with Crippen molar-refractivity contribution >= 4 is 11.6 Å². The molecule has 0 radical (unpaired) electrons. The van der Waals surface area contributed by atoms with Gasteiger partial charge >= 0.3 is 6.18 Å². The smallest absolute Gasteiger partial charge is 0.425 e. The molecule has 1 aliphatic heterocycles. The van der Waals surface area contributed by atoms with Crippen LogP contribution < -0.4 is 10.3 Å². The zero-order valence-electron chi connectivity index (χ0n) is 11.8. The van der Waals surface area contributed by atoms with Crippen LogP contribution in [0.1, 0.15) is 5.56 Å². The topological polar surface area (TPSA) is 44.1 Å². The van der Waals surface area contributed by atoms with Crippen LogP contribution in [0.4, 0.5) is 13.2 Å². The highest BCUT2D eigenvalue weighted by molar-refractivity contribution is 6.29. The molecular weight excluding hydrogens is 333 g/mol. The van der Waals surface area contributed by atoms with Crippen molar-refractivity contribution in [2.45, 2.75) is 25.2 Å². The third-order valence-electron chi connectivity index (χ3n) is 3.77. The summed E-state index contributed by atoms with van der Waals surface area (Å²) in [6.07, 6.45) is -4.14. The molecular formula is C15H12ClF3N2O2. The molecule has 4 nitrogen and oxygen atoms in total. The monoisotopic (exact) mass is 344 g/mol. The maximum absolute atomic E-state index is 13.3. The third-order valence-corrected chi connectivity index (χ3v) is 4.07. The zero-order chi connectivity index (χ0) is 16.6. The molecule has 0 unspecified atom stereocenters. The first-order chi connectivity index (χ1) is 10.9. The van der Waals surface area contributed by atoms with Gasteiger partial charge in [-0.1, -0.05) is 29.8 Å². The minimum Gasteiger partial charge on any atom is -0.480 e. The number of halogens is 4. The van der Waals surface area contributed by atoms with E-state index in [4.69, 9.17) is 16.3 Å². The maximum atomic E-state index is 13.3. The van der Waals surface area contributed by atoms with Crippen LogP contribution in [-0.2, 0) is 13.0 Å². The van der Waals surface area contributed by atoms with E-state index in [0.717, 1.165) is 10.8 Å². The number of fused-ring (bicyclic) bond motifs is 1. The van der Waals surface area contributed by atoms with Gasteiger partial charge in [0, 0.05) is 12.5 Å². The summed E-state index contributed by atoms with van der Waals surface area (Å²) >= 11 is 5.89. The summed E-state index contributed by atoms with van der Waals surface area (Å²) in [5.41, 5.74) is 0.133. The summed E-state index contributed by atoms with van der Waals surface area (Å²) in [6.45, 7) is -0.196. The van der Waals surface area contributed by atoms with Gasteiger partial charge in [-0.2, -0.15) is 13.2 Å². The molecule has 0 spiro atoms. The largest absolute Gasteiger partial charge is 0.480 e. The number of rotatable bonds is 2. The van der Waals surface area contributed by atoms with Gasteiger partial charge in [-0.15, -0.1) is 0 Å². The van der Waals surface area contributed by atoms with E-state index in [1.807, 2.05) is 0 Å². The fourth-order valence-electron chi connectivity index (χ4n) is 2.72. The first-order valence-electron chi connectivity index (χ1n) is 6.88. The molecule has 1 aromatic carbocycles. The number of nitrogens with zero attached hydrogens (tertiary/aromatic N) is 2. The number of ether oxygens (including phenoxy) is 1. The highest BCUT2D eigenvalue weighted by Gasteiger charge is 2.49. The van der Waals surface area contributed by atoms with E-state index in [2.05, 4.69) is 4.98 Å². The van der Waals surface area contributed by atoms with Gasteiger partial charge in [0.15, 0.2) is 6.10 Å². The van der Waals surface area contributed by atoms with Crippen molar-refractivity contribution in [3.05, 3.63) is 57.7 Å². The first kappa shape index (κ1) is 15.9. The van der Waals surface area contributed by atoms with E-state index in [9.17, 15) is 18.0 Å². The Kier molecular flexibility index (Phi) is 4.06. The predicted octanol–water partition coefficient (Wildman–Crippen LogP) is 3.08. The first-order valence-corrected chi connectivity index (χ1v) is 7.25. The maximum Gasteiger partial charge on any atom is 0.425 e. The molecule has 2 aromatic rings. The molecule has 23 heavy (non-hydrogen) atoms. The number of benzene rings is 1. The molecule has 3 rings (SSSR count). The van der Waals surface area contributed by atoms with E-state index < -0.39 is 23.8 Å². The van der Waals surface area contributed by atoms with E-state index in [0.29, 0.717) is 5.56 Å². The minimum absolute atomic E-state index is 0.00252. The molecule has 0 N–H and O–H groups in total. The molecule has 8 heteroatoms. The second-order valence-electron chi connectivity index (χ2n) is 5.33. The number of hydrogen-bond donors (Lipinski definition) is 0. The van der Waals surface area contributed by atoms with Crippen molar-refractivity contribution in [2.24, 2.45) is 5.92 Å². The van der Waals surface area contributed by atoms with Crippen LogP contribution in [-0.4, -0.2) is 21.8 Å². The Bertz CT molecular complexity index is 776. The Morgan fingerprint density at radius 3 is 2.74 bits per heavy atom. The Hall–Kier alpha value is -2.02. The lowest BCUT2D eigenvalue weighted by Gasteiger charge is -2.35. The summed E-state index contributed by atoms with van der Waals surface area (Å²) in [4.78, 5) is 15.4. The molecule has 1 aliphatic rings. The van der Waals surface area contributed by atoms with Crippen LogP contribution in [0.2, 0.25) is 5.15 Å². The molecule has 0 fully saturated rings. The molecule has 2 atom stereocenters. The zero-order valence-corrected chi connectivity index (χ0v) is 12.5. The molecule has 0 amide bonds. The van der Waals surface area contributed by atoms with Crippen molar-refractivity contribution in [3.63, 3.8) is 0 Å². The quantitative estimate of drug-likeness (QED) is 0.841. The fraction of sp³-hybridized carbons (Fsp3) is 0.333. The Morgan fingerprint density at radius 2 is 2.04 bits per heavy atom. The van der Waals surface area contributed by atoms with E-state index in [-0.39, 0.29) is 23.9 Å². The van der Waals surface area contributed by atoms with Gasteiger partial charge in [0.25, 0.3) is 5.56 Å². The van der Waals surface area contributed by atoms with Gasteiger partial charge in [-0.3, -0.25) is 14.3 Å². The lowest BCUT2D eigenvalue weighted by atomic mass is 9.90. The van der Waals surface area contributed by atoms with Gasteiger partial charge in [0.1, 0.15) is 10.9 Å². The SMILES string of the molecule is O=c1cncc(Cl)n1C[C@@H]1Cc2ccccc2O[C@H]1C(F)(F)F. The second-order valence-corrected chi connectivity index (χ2v) is 5.72. The highest BCUT2D eigenvalue weighted by atomic mass is 35.5. The number of aromatic nitrogens is 2. The minimum atomic E-state index is -4.54. The molecule has 0 saturated carbocycles. The fourth-order valence-corrected chi connectivity index (χ4v) is 2.93. The van der Waals surface area contributed by atoms with Gasteiger partial charge in [0.2, 0.25) is 0 Å². The Morgan fingerprint density at radius 1 is 1.30 bits per heavy atom. The van der Waals surface area contributed by atoms with Gasteiger partial charge in [-0.05, 0) is 18.1 Å².